The summed E-state index contributed by atoms with van der Waals surface area (Å²) in [7, 11) is 5.58. The molecule has 0 spiro atoms. The van der Waals surface area contributed by atoms with Crippen molar-refractivity contribution in [3.05, 3.63) is 23.3 Å². The van der Waals surface area contributed by atoms with Crippen molar-refractivity contribution in [2.45, 2.75) is 19.4 Å². The lowest BCUT2D eigenvalue weighted by Crippen LogP contribution is -2.21. The first-order valence-corrected chi connectivity index (χ1v) is 6.74. The van der Waals surface area contributed by atoms with Crippen LogP contribution in [0.5, 0.6) is 11.5 Å². The fourth-order valence-electron chi connectivity index (χ4n) is 3.11. The van der Waals surface area contributed by atoms with Crippen LogP contribution in [0.25, 0.3) is 0 Å². The lowest BCUT2D eigenvalue weighted by atomic mass is 9.95. The lowest BCUT2D eigenvalue weighted by Gasteiger charge is -2.24. The van der Waals surface area contributed by atoms with Crippen LogP contribution < -0.4 is 15.2 Å². The van der Waals surface area contributed by atoms with Gasteiger partial charge < -0.3 is 15.2 Å². The molecule has 1 saturated heterocycles. The van der Waals surface area contributed by atoms with Crippen LogP contribution in [-0.2, 0) is 0 Å². The second-order valence-electron chi connectivity index (χ2n) is 5.30. The van der Waals surface area contributed by atoms with Crippen molar-refractivity contribution in [1.82, 2.24) is 4.90 Å². The molecule has 1 heterocycles. The normalized spacial score (nSPS) is 23.6. The third-order valence-electron chi connectivity index (χ3n) is 4.17. The first-order chi connectivity index (χ1) is 9.12. The average Bonchev–Trinajstić information content (AvgIpc) is 2.79. The van der Waals surface area contributed by atoms with Crippen LogP contribution in [-0.4, -0.2) is 39.3 Å². The highest BCUT2D eigenvalue weighted by molar-refractivity contribution is 5.50. The van der Waals surface area contributed by atoms with E-state index in [1.807, 2.05) is 12.1 Å². The molecule has 1 aromatic rings. The van der Waals surface area contributed by atoms with Gasteiger partial charge in [-0.05, 0) is 50.6 Å². The maximum absolute atomic E-state index is 5.82. The van der Waals surface area contributed by atoms with Gasteiger partial charge in [-0.3, -0.25) is 4.90 Å². The summed E-state index contributed by atoms with van der Waals surface area (Å²) in [4.78, 5) is 2.36. The molecular weight excluding hydrogens is 240 g/mol. The Bertz CT molecular complexity index is 448. The Morgan fingerprint density at radius 3 is 2.42 bits per heavy atom. The highest BCUT2D eigenvalue weighted by Gasteiger charge is 2.33. The molecule has 4 heteroatoms. The zero-order chi connectivity index (χ0) is 14.0. The van der Waals surface area contributed by atoms with Gasteiger partial charge in [0.2, 0.25) is 0 Å². The van der Waals surface area contributed by atoms with Crippen molar-refractivity contribution in [2.75, 3.05) is 34.4 Å². The van der Waals surface area contributed by atoms with E-state index in [2.05, 4.69) is 18.9 Å². The minimum absolute atomic E-state index is 0.360. The van der Waals surface area contributed by atoms with Crippen molar-refractivity contribution in [3.8, 4) is 11.5 Å². The van der Waals surface area contributed by atoms with Gasteiger partial charge in [0, 0.05) is 18.2 Å². The van der Waals surface area contributed by atoms with Crippen molar-refractivity contribution in [2.24, 2.45) is 11.7 Å². The van der Waals surface area contributed by atoms with Crippen LogP contribution in [0.2, 0.25) is 0 Å². The third-order valence-corrected chi connectivity index (χ3v) is 4.17. The van der Waals surface area contributed by atoms with Gasteiger partial charge >= 0.3 is 0 Å². The Kier molecular flexibility index (Phi) is 4.32. The van der Waals surface area contributed by atoms with Gasteiger partial charge in [-0.25, -0.2) is 0 Å². The number of likely N-dealkylation sites (tertiary alicyclic amines) is 1. The molecule has 2 unspecified atom stereocenters. The van der Waals surface area contributed by atoms with Crippen LogP contribution in [0.4, 0.5) is 0 Å². The minimum Gasteiger partial charge on any atom is -0.496 e. The summed E-state index contributed by atoms with van der Waals surface area (Å²) in [5, 5.41) is 0. The second-order valence-corrected chi connectivity index (χ2v) is 5.30. The molecule has 0 radical (unpaired) electrons. The number of nitrogens with zero attached hydrogens (tertiary/aromatic N) is 1. The fourth-order valence-corrected chi connectivity index (χ4v) is 3.11. The molecule has 106 valence electrons. The number of hydrogen-bond acceptors (Lipinski definition) is 4. The average molecular weight is 264 g/mol. The van der Waals surface area contributed by atoms with Crippen LogP contribution >= 0.6 is 0 Å². The highest BCUT2D eigenvalue weighted by Crippen LogP contribution is 2.42. The third kappa shape index (κ3) is 2.55. The monoisotopic (exact) mass is 264 g/mol. The van der Waals surface area contributed by atoms with E-state index in [1.54, 1.807) is 14.2 Å². The molecule has 0 aromatic heterocycles. The summed E-state index contributed by atoms with van der Waals surface area (Å²) in [6.45, 7) is 3.88. The van der Waals surface area contributed by atoms with E-state index in [-0.39, 0.29) is 0 Å². The SMILES string of the molecule is COc1ccc(OC)c(C2CC(CN)CN2C)c1C. The quantitative estimate of drug-likeness (QED) is 0.903. The number of rotatable bonds is 4. The Morgan fingerprint density at radius 1 is 1.26 bits per heavy atom. The number of methoxy groups -OCH3 is 2. The second kappa shape index (κ2) is 5.80. The molecule has 1 aromatic carbocycles. The molecule has 19 heavy (non-hydrogen) atoms. The Labute approximate surface area is 115 Å². The summed E-state index contributed by atoms with van der Waals surface area (Å²) in [6.07, 6.45) is 1.08. The van der Waals surface area contributed by atoms with Crippen molar-refractivity contribution >= 4 is 0 Å². The number of nitrogens with two attached hydrogens (primary N) is 1. The lowest BCUT2D eigenvalue weighted by molar-refractivity contribution is 0.300. The maximum atomic E-state index is 5.82. The molecular formula is C15H24N2O2. The fraction of sp³-hybridized carbons (Fsp3) is 0.600. The number of benzene rings is 1. The predicted octanol–water partition coefficient (Wildman–Crippen LogP) is 1.96. The van der Waals surface area contributed by atoms with E-state index in [9.17, 15) is 0 Å². The van der Waals surface area contributed by atoms with E-state index in [1.165, 1.54) is 5.56 Å². The summed E-state index contributed by atoms with van der Waals surface area (Å²) in [5.41, 5.74) is 8.22. The van der Waals surface area contributed by atoms with Gasteiger partial charge in [0.25, 0.3) is 0 Å². The van der Waals surface area contributed by atoms with Crippen LogP contribution in [0.1, 0.15) is 23.6 Å². The van der Waals surface area contributed by atoms with E-state index < -0.39 is 0 Å². The molecule has 0 saturated carbocycles. The predicted molar refractivity (Wildman–Crippen MR) is 76.8 cm³/mol. The standard InChI is InChI=1S/C15H24N2O2/c1-10-13(18-3)5-6-14(19-4)15(10)12-7-11(8-16)9-17(12)2/h5-6,11-12H,7-9,16H2,1-4H3. The Balaban J connectivity index is 2.42. The van der Waals surface area contributed by atoms with Gasteiger partial charge in [-0.15, -0.1) is 0 Å². The molecule has 0 amide bonds. The zero-order valence-electron chi connectivity index (χ0n) is 12.3. The van der Waals surface area contributed by atoms with Gasteiger partial charge in [-0.2, -0.15) is 0 Å². The van der Waals surface area contributed by atoms with Crippen molar-refractivity contribution < 1.29 is 9.47 Å². The summed E-state index contributed by atoms with van der Waals surface area (Å²) in [5.74, 6) is 2.42. The zero-order valence-corrected chi connectivity index (χ0v) is 12.3. The molecule has 1 aliphatic heterocycles. The molecule has 0 bridgehead atoms. The van der Waals surface area contributed by atoms with Crippen molar-refractivity contribution in [1.29, 1.82) is 0 Å². The molecule has 1 aliphatic rings. The summed E-state index contributed by atoms with van der Waals surface area (Å²) in [6, 6.07) is 4.32. The van der Waals surface area contributed by atoms with Crippen molar-refractivity contribution in [3.63, 3.8) is 0 Å². The number of ether oxygens (including phenoxy) is 2. The first kappa shape index (κ1) is 14.2. The molecule has 2 rings (SSSR count). The largest absolute Gasteiger partial charge is 0.496 e. The van der Waals surface area contributed by atoms with Gasteiger partial charge in [0.1, 0.15) is 11.5 Å². The first-order valence-electron chi connectivity index (χ1n) is 6.74. The molecule has 0 aliphatic carbocycles. The van der Waals surface area contributed by atoms with Gasteiger partial charge in [-0.1, -0.05) is 0 Å². The van der Waals surface area contributed by atoms with E-state index >= 15 is 0 Å². The van der Waals surface area contributed by atoms with E-state index in [0.717, 1.165) is 36.6 Å². The highest BCUT2D eigenvalue weighted by atomic mass is 16.5. The maximum Gasteiger partial charge on any atom is 0.124 e. The van der Waals surface area contributed by atoms with Gasteiger partial charge in [0.05, 0.1) is 14.2 Å². The molecule has 4 nitrogen and oxygen atoms in total. The van der Waals surface area contributed by atoms with Crippen LogP contribution in [0.3, 0.4) is 0 Å². The van der Waals surface area contributed by atoms with Crippen LogP contribution in [0, 0.1) is 12.8 Å². The van der Waals surface area contributed by atoms with E-state index in [4.69, 9.17) is 15.2 Å². The van der Waals surface area contributed by atoms with Crippen LogP contribution in [0.15, 0.2) is 12.1 Å². The van der Waals surface area contributed by atoms with Gasteiger partial charge in [0.15, 0.2) is 0 Å². The topological polar surface area (TPSA) is 47.7 Å². The molecule has 2 N–H and O–H groups in total. The minimum atomic E-state index is 0.360. The number of hydrogen-bond donors (Lipinski definition) is 1. The Hall–Kier alpha value is -1.26. The molecule has 1 fully saturated rings. The molecule has 2 atom stereocenters. The summed E-state index contributed by atoms with van der Waals surface area (Å²) < 4.78 is 11.0. The van der Waals surface area contributed by atoms with E-state index in [0.29, 0.717) is 12.0 Å². The Morgan fingerprint density at radius 2 is 1.89 bits per heavy atom. The smallest absolute Gasteiger partial charge is 0.124 e. The summed E-state index contributed by atoms with van der Waals surface area (Å²) >= 11 is 0.